The summed E-state index contributed by atoms with van der Waals surface area (Å²) >= 11 is 0. The number of carbonyl (C=O) groups is 1. The van der Waals surface area contributed by atoms with E-state index in [0.717, 1.165) is 5.56 Å². The number of hydrogen-bond donors (Lipinski definition) is 1. The molecule has 2 aromatic heterocycles. The molecule has 0 saturated carbocycles. The second kappa shape index (κ2) is 8.50. The first-order valence-corrected chi connectivity index (χ1v) is 11.0. The topological polar surface area (TPSA) is 108 Å². The van der Waals surface area contributed by atoms with Crippen LogP contribution >= 0.6 is 0 Å². The number of carbonyl (C=O) groups excluding carboxylic acids is 1. The molecule has 1 N–H and O–H groups in total. The van der Waals surface area contributed by atoms with Gasteiger partial charge in [-0.3, -0.25) is 14.6 Å². The van der Waals surface area contributed by atoms with Gasteiger partial charge in [-0.25, -0.2) is 4.98 Å². The van der Waals surface area contributed by atoms with Crippen LogP contribution in [0.15, 0.2) is 57.8 Å². The second-order valence-corrected chi connectivity index (χ2v) is 8.37. The summed E-state index contributed by atoms with van der Waals surface area (Å²) in [5.74, 6) is 1.77. The Morgan fingerprint density at radius 2 is 1.73 bits per heavy atom. The molecule has 1 aliphatic rings. The zero-order chi connectivity index (χ0) is 22.9. The average Bonchev–Trinajstić information content (AvgIpc) is 3.35. The number of rotatable bonds is 4. The van der Waals surface area contributed by atoms with E-state index in [9.17, 15) is 9.59 Å². The zero-order valence-electron chi connectivity index (χ0n) is 18.5. The lowest BCUT2D eigenvalue weighted by atomic mass is 10.1. The summed E-state index contributed by atoms with van der Waals surface area (Å²) in [6, 6.07) is 14.5. The highest BCUT2D eigenvalue weighted by atomic mass is 16.5. The van der Waals surface area contributed by atoms with Gasteiger partial charge < -0.3 is 14.3 Å². The third-order valence-corrected chi connectivity index (χ3v) is 5.79. The molecule has 9 nitrogen and oxygen atoms in total. The standard InChI is InChI=1S/C24H24N6O3/c1-15(2)22-26-20(28-33-22)16-7-9-17(10-8-16)23(32)29-11-13-30(14-12-29)24-25-19-6-4-3-5-18(19)21(31)27-24/h3-10,15H,11-14H2,1-2H3,(H,25,27,31). The van der Waals surface area contributed by atoms with Gasteiger partial charge in [-0.15, -0.1) is 0 Å². The van der Waals surface area contributed by atoms with Crippen molar-refractivity contribution in [2.45, 2.75) is 19.8 Å². The molecule has 1 saturated heterocycles. The third-order valence-electron chi connectivity index (χ3n) is 5.79. The van der Waals surface area contributed by atoms with Gasteiger partial charge in [-0.05, 0) is 24.3 Å². The molecule has 4 aromatic rings. The van der Waals surface area contributed by atoms with Crippen molar-refractivity contribution in [1.29, 1.82) is 0 Å². The molecule has 3 heterocycles. The normalized spacial score (nSPS) is 14.3. The number of amides is 1. The number of aromatic amines is 1. The van der Waals surface area contributed by atoms with E-state index in [-0.39, 0.29) is 17.4 Å². The van der Waals surface area contributed by atoms with Gasteiger partial charge in [0.25, 0.3) is 11.5 Å². The molecule has 0 atom stereocenters. The van der Waals surface area contributed by atoms with Crippen LogP contribution in [0.3, 0.4) is 0 Å². The molecule has 9 heteroatoms. The highest BCUT2D eigenvalue weighted by molar-refractivity contribution is 5.94. The van der Waals surface area contributed by atoms with Gasteiger partial charge in [0.1, 0.15) is 0 Å². The monoisotopic (exact) mass is 444 g/mol. The predicted molar refractivity (Wildman–Crippen MR) is 124 cm³/mol. The molecular formula is C24H24N6O3. The van der Waals surface area contributed by atoms with E-state index in [4.69, 9.17) is 4.52 Å². The Kier molecular flexibility index (Phi) is 5.37. The minimum absolute atomic E-state index is 0.0304. The van der Waals surface area contributed by atoms with Gasteiger partial charge in [0.05, 0.1) is 10.9 Å². The summed E-state index contributed by atoms with van der Waals surface area (Å²) in [4.78, 5) is 41.0. The first-order valence-electron chi connectivity index (χ1n) is 11.0. The second-order valence-electron chi connectivity index (χ2n) is 8.37. The summed E-state index contributed by atoms with van der Waals surface area (Å²) in [5.41, 5.74) is 1.92. The Morgan fingerprint density at radius 1 is 1.00 bits per heavy atom. The van der Waals surface area contributed by atoms with E-state index in [1.165, 1.54) is 0 Å². The number of para-hydroxylation sites is 1. The van der Waals surface area contributed by atoms with Gasteiger partial charge in [0, 0.05) is 43.2 Å². The molecule has 0 radical (unpaired) electrons. The number of aromatic nitrogens is 4. The first kappa shape index (κ1) is 20.9. The number of anilines is 1. The predicted octanol–water partition coefficient (Wildman–Crippen LogP) is 3.06. The molecule has 1 amide bonds. The van der Waals surface area contributed by atoms with Crippen molar-refractivity contribution in [3.05, 3.63) is 70.3 Å². The fraction of sp³-hybridized carbons (Fsp3) is 0.292. The van der Waals surface area contributed by atoms with Crippen LogP contribution < -0.4 is 10.5 Å². The number of nitrogens with zero attached hydrogens (tertiary/aromatic N) is 5. The van der Waals surface area contributed by atoms with E-state index in [1.54, 1.807) is 18.2 Å². The molecule has 1 fully saturated rings. The number of fused-ring (bicyclic) bond motifs is 1. The van der Waals surface area contributed by atoms with E-state index in [0.29, 0.717) is 60.3 Å². The van der Waals surface area contributed by atoms with Crippen LogP contribution in [-0.4, -0.2) is 57.1 Å². The summed E-state index contributed by atoms with van der Waals surface area (Å²) < 4.78 is 5.26. The summed E-state index contributed by atoms with van der Waals surface area (Å²) in [6.07, 6.45) is 0. The van der Waals surface area contributed by atoms with Gasteiger partial charge >= 0.3 is 0 Å². The molecule has 0 bridgehead atoms. The Balaban J connectivity index is 1.25. The molecule has 168 valence electrons. The fourth-order valence-corrected chi connectivity index (χ4v) is 3.88. The maximum absolute atomic E-state index is 13.0. The van der Waals surface area contributed by atoms with Crippen LogP contribution in [0.25, 0.3) is 22.3 Å². The summed E-state index contributed by atoms with van der Waals surface area (Å²) in [6.45, 7) is 6.25. The lowest BCUT2D eigenvalue weighted by Gasteiger charge is -2.35. The lowest BCUT2D eigenvalue weighted by Crippen LogP contribution is -2.49. The van der Waals surface area contributed by atoms with Crippen molar-refractivity contribution in [2.24, 2.45) is 0 Å². The van der Waals surface area contributed by atoms with E-state index < -0.39 is 0 Å². The van der Waals surface area contributed by atoms with Crippen LogP contribution in [0, 0.1) is 0 Å². The van der Waals surface area contributed by atoms with Crippen molar-refractivity contribution in [3.8, 4) is 11.4 Å². The van der Waals surface area contributed by atoms with Crippen LogP contribution in [0.1, 0.15) is 36.0 Å². The Bertz CT molecular complexity index is 1350. The SMILES string of the molecule is CC(C)c1nc(-c2ccc(C(=O)N3CCN(c4nc5ccccc5c(=O)[nH]4)CC3)cc2)no1. The van der Waals surface area contributed by atoms with Crippen LogP contribution in [-0.2, 0) is 0 Å². The minimum Gasteiger partial charge on any atom is -0.339 e. The molecule has 2 aromatic carbocycles. The van der Waals surface area contributed by atoms with Crippen LogP contribution in [0.4, 0.5) is 5.95 Å². The molecule has 1 aliphatic heterocycles. The van der Waals surface area contributed by atoms with Gasteiger partial charge in [-0.1, -0.05) is 43.3 Å². The molecule has 0 unspecified atom stereocenters. The van der Waals surface area contributed by atoms with E-state index in [1.807, 2.05) is 54.0 Å². The van der Waals surface area contributed by atoms with Crippen molar-refractivity contribution < 1.29 is 9.32 Å². The van der Waals surface area contributed by atoms with Gasteiger partial charge in [0.15, 0.2) is 0 Å². The number of piperazine rings is 1. The summed E-state index contributed by atoms with van der Waals surface area (Å²) in [7, 11) is 0. The average molecular weight is 444 g/mol. The van der Waals surface area contributed by atoms with Crippen LogP contribution in [0.2, 0.25) is 0 Å². The number of nitrogens with one attached hydrogen (secondary N) is 1. The lowest BCUT2D eigenvalue weighted by molar-refractivity contribution is 0.0746. The molecule has 5 rings (SSSR count). The molecule has 0 aliphatic carbocycles. The highest BCUT2D eigenvalue weighted by Gasteiger charge is 2.24. The van der Waals surface area contributed by atoms with Crippen LogP contribution in [0.5, 0.6) is 0 Å². The molecule has 0 spiro atoms. The minimum atomic E-state index is -0.156. The Hall–Kier alpha value is -4.01. The Morgan fingerprint density at radius 3 is 2.42 bits per heavy atom. The fourth-order valence-electron chi connectivity index (χ4n) is 3.88. The van der Waals surface area contributed by atoms with Crippen molar-refractivity contribution in [2.75, 3.05) is 31.1 Å². The van der Waals surface area contributed by atoms with Crippen molar-refractivity contribution in [1.82, 2.24) is 25.0 Å². The first-order chi connectivity index (χ1) is 16.0. The highest BCUT2D eigenvalue weighted by Crippen LogP contribution is 2.21. The number of benzene rings is 2. The molecular weight excluding hydrogens is 420 g/mol. The quantitative estimate of drug-likeness (QED) is 0.515. The largest absolute Gasteiger partial charge is 0.339 e. The van der Waals surface area contributed by atoms with Crippen molar-refractivity contribution in [3.63, 3.8) is 0 Å². The van der Waals surface area contributed by atoms with E-state index >= 15 is 0 Å². The number of H-pyrrole nitrogens is 1. The van der Waals surface area contributed by atoms with Gasteiger partial charge in [-0.2, -0.15) is 4.98 Å². The maximum Gasteiger partial charge on any atom is 0.260 e. The van der Waals surface area contributed by atoms with Crippen molar-refractivity contribution >= 4 is 22.8 Å². The smallest absolute Gasteiger partial charge is 0.260 e. The third kappa shape index (κ3) is 4.09. The Labute approximate surface area is 190 Å². The summed E-state index contributed by atoms with van der Waals surface area (Å²) in [5, 5.41) is 4.59. The molecule has 33 heavy (non-hydrogen) atoms. The zero-order valence-corrected chi connectivity index (χ0v) is 18.5. The van der Waals surface area contributed by atoms with Gasteiger partial charge in [0.2, 0.25) is 17.7 Å². The number of hydrogen-bond acceptors (Lipinski definition) is 7. The maximum atomic E-state index is 13.0. The van der Waals surface area contributed by atoms with E-state index in [2.05, 4.69) is 20.1 Å².